The zero-order chi connectivity index (χ0) is 20.8. The average molecular weight is 396 g/mol. The number of benzene rings is 2. The van der Waals surface area contributed by atoms with Crippen LogP contribution in [0.25, 0.3) is 10.9 Å². The maximum Gasteiger partial charge on any atom is 0.340 e. The molecule has 7 heteroatoms. The van der Waals surface area contributed by atoms with Gasteiger partial charge in [0.2, 0.25) is 0 Å². The lowest BCUT2D eigenvalue weighted by atomic mass is 10.1. The summed E-state index contributed by atoms with van der Waals surface area (Å²) in [5, 5.41) is 3.33. The number of carbonyl (C=O) groups is 2. The maximum atomic E-state index is 13.3. The molecule has 6 nitrogen and oxygen atoms in total. The number of ether oxygens (including phenoxy) is 2. The molecule has 1 amide bonds. The highest BCUT2D eigenvalue weighted by atomic mass is 19.1. The highest BCUT2D eigenvalue weighted by Crippen LogP contribution is 2.18. The molecule has 3 aromatic rings. The van der Waals surface area contributed by atoms with E-state index in [2.05, 4.69) is 10.3 Å². The molecule has 29 heavy (non-hydrogen) atoms. The number of hydrogen-bond acceptors (Lipinski definition) is 5. The first-order valence-electron chi connectivity index (χ1n) is 9.10. The van der Waals surface area contributed by atoms with Gasteiger partial charge in [-0.15, -0.1) is 0 Å². The molecule has 0 aliphatic rings. The van der Waals surface area contributed by atoms with Crippen LogP contribution in [0.5, 0.6) is 5.75 Å². The number of amides is 1. The lowest BCUT2D eigenvalue weighted by Crippen LogP contribution is -2.30. The first-order valence-corrected chi connectivity index (χ1v) is 9.10. The zero-order valence-electron chi connectivity index (χ0n) is 16.2. The molecule has 1 N–H and O–H groups in total. The number of pyridine rings is 1. The first-order chi connectivity index (χ1) is 14.0. The summed E-state index contributed by atoms with van der Waals surface area (Å²) in [4.78, 5) is 28.5. The minimum atomic E-state index is -0.647. The number of nitrogens with zero attached hydrogens (tertiary/aromatic N) is 1. The molecule has 150 valence electrons. The van der Waals surface area contributed by atoms with Gasteiger partial charge >= 0.3 is 5.97 Å². The second-order valence-corrected chi connectivity index (χ2v) is 6.48. The SMILES string of the molecule is COc1ccc(CCNC(=O)COC(=O)c2cc3ccc(F)cc3nc2C)cc1. The highest BCUT2D eigenvalue weighted by molar-refractivity contribution is 5.96. The van der Waals surface area contributed by atoms with Crippen LogP contribution in [0.15, 0.2) is 48.5 Å². The number of halogens is 1. The number of aryl methyl sites for hydroxylation is 1. The van der Waals surface area contributed by atoms with Crippen LogP contribution in [0.2, 0.25) is 0 Å². The van der Waals surface area contributed by atoms with E-state index < -0.39 is 11.8 Å². The number of esters is 1. The second kappa shape index (κ2) is 9.14. The zero-order valence-corrected chi connectivity index (χ0v) is 16.2. The van der Waals surface area contributed by atoms with Gasteiger partial charge in [0.15, 0.2) is 6.61 Å². The molecule has 0 fully saturated rings. The average Bonchev–Trinajstić information content (AvgIpc) is 2.72. The van der Waals surface area contributed by atoms with Crippen LogP contribution in [-0.2, 0) is 16.0 Å². The number of nitrogens with one attached hydrogen (secondary N) is 1. The Morgan fingerprint density at radius 2 is 1.86 bits per heavy atom. The van der Waals surface area contributed by atoms with Gasteiger partial charge in [0.25, 0.3) is 5.91 Å². The third-order valence-electron chi connectivity index (χ3n) is 4.42. The van der Waals surface area contributed by atoms with Gasteiger partial charge in [-0.3, -0.25) is 9.78 Å². The van der Waals surface area contributed by atoms with Gasteiger partial charge in [0.05, 0.1) is 23.9 Å². The number of hydrogen-bond donors (Lipinski definition) is 1. The van der Waals surface area contributed by atoms with E-state index >= 15 is 0 Å². The molecule has 0 atom stereocenters. The minimum absolute atomic E-state index is 0.246. The summed E-state index contributed by atoms with van der Waals surface area (Å²) in [6.07, 6.45) is 0.647. The lowest BCUT2D eigenvalue weighted by Gasteiger charge is -2.09. The fraction of sp³-hybridized carbons (Fsp3) is 0.227. The van der Waals surface area contributed by atoms with Gasteiger partial charge in [0.1, 0.15) is 11.6 Å². The molecule has 0 bridgehead atoms. The Hall–Kier alpha value is -3.48. The van der Waals surface area contributed by atoms with E-state index in [1.807, 2.05) is 24.3 Å². The van der Waals surface area contributed by atoms with E-state index in [1.54, 1.807) is 26.2 Å². The van der Waals surface area contributed by atoms with E-state index in [1.165, 1.54) is 12.1 Å². The van der Waals surface area contributed by atoms with Crippen LogP contribution in [0.1, 0.15) is 21.6 Å². The Labute approximate surface area is 167 Å². The van der Waals surface area contributed by atoms with E-state index in [9.17, 15) is 14.0 Å². The van der Waals surface area contributed by atoms with Crippen LogP contribution < -0.4 is 10.1 Å². The third-order valence-corrected chi connectivity index (χ3v) is 4.42. The molecule has 2 aromatic carbocycles. The summed E-state index contributed by atoms with van der Waals surface area (Å²) in [5.74, 6) is -0.661. The Kier molecular flexibility index (Phi) is 6.39. The Morgan fingerprint density at radius 3 is 2.59 bits per heavy atom. The van der Waals surface area contributed by atoms with Crippen molar-refractivity contribution in [2.24, 2.45) is 0 Å². The maximum absolute atomic E-state index is 13.3. The molecular formula is C22H21FN2O4. The summed E-state index contributed by atoms with van der Waals surface area (Å²) in [6, 6.07) is 13.3. The van der Waals surface area contributed by atoms with Crippen molar-refractivity contribution < 1.29 is 23.5 Å². The molecule has 1 aromatic heterocycles. The molecular weight excluding hydrogens is 375 g/mol. The monoisotopic (exact) mass is 396 g/mol. The topological polar surface area (TPSA) is 77.5 Å². The second-order valence-electron chi connectivity index (χ2n) is 6.48. The van der Waals surface area contributed by atoms with Crippen LogP contribution in [0, 0.1) is 12.7 Å². The molecule has 0 aliphatic carbocycles. The quantitative estimate of drug-likeness (QED) is 0.621. The number of methoxy groups -OCH3 is 1. The molecule has 0 radical (unpaired) electrons. The lowest BCUT2D eigenvalue weighted by molar-refractivity contribution is -0.124. The van der Waals surface area contributed by atoms with Crippen LogP contribution in [0.3, 0.4) is 0 Å². The van der Waals surface area contributed by atoms with Gasteiger partial charge in [-0.1, -0.05) is 12.1 Å². The summed E-state index contributed by atoms with van der Waals surface area (Å²) < 4.78 is 23.5. The molecule has 0 aliphatic heterocycles. The molecule has 3 rings (SSSR count). The minimum Gasteiger partial charge on any atom is -0.497 e. The standard InChI is InChI=1S/C22H21FN2O4/c1-14-19(11-16-5-6-17(23)12-20(16)25-14)22(27)29-13-21(26)24-10-9-15-3-7-18(28-2)8-4-15/h3-8,11-12H,9-10,13H2,1-2H3,(H,24,26). The van der Waals surface area contributed by atoms with E-state index in [-0.39, 0.29) is 18.1 Å². The van der Waals surface area contributed by atoms with Crippen molar-refractivity contribution in [1.82, 2.24) is 10.3 Å². The molecule has 0 saturated carbocycles. The van der Waals surface area contributed by atoms with Gasteiger partial charge in [-0.05, 0) is 49.2 Å². The molecule has 1 heterocycles. The smallest absolute Gasteiger partial charge is 0.340 e. The van der Waals surface area contributed by atoms with E-state index in [0.717, 1.165) is 11.3 Å². The van der Waals surface area contributed by atoms with Crippen LogP contribution in [0.4, 0.5) is 4.39 Å². The third kappa shape index (κ3) is 5.28. The molecule has 0 unspecified atom stereocenters. The van der Waals surface area contributed by atoms with Gasteiger partial charge in [-0.25, -0.2) is 9.18 Å². The first kappa shape index (κ1) is 20.3. The molecule has 0 saturated heterocycles. The normalized spacial score (nSPS) is 10.6. The van der Waals surface area contributed by atoms with Gasteiger partial charge < -0.3 is 14.8 Å². The van der Waals surface area contributed by atoms with Crippen molar-refractivity contribution in [2.45, 2.75) is 13.3 Å². The van der Waals surface area contributed by atoms with E-state index in [4.69, 9.17) is 9.47 Å². The van der Waals surface area contributed by atoms with Crippen molar-refractivity contribution in [2.75, 3.05) is 20.3 Å². The van der Waals surface area contributed by atoms with Crippen molar-refractivity contribution >= 4 is 22.8 Å². The predicted octanol–water partition coefficient (Wildman–Crippen LogP) is 3.21. The van der Waals surface area contributed by atoms with Crippen molar-refractivity contribution in [3.05, 3.63) is 71.2 Å². The number of carbonyl (C=O) groups excluding carboxylic acids is 2. The van der Waals surface area contributed by atoms with Crippen molar-refractivity contribution in [3.63, 3.8) is 0 Å². The summed E-state index contributed by atoms with van der Waals surface area (Å²) in [6.45, 7) is 1.67. The summed E-state index contributed by atoms with van der Waals surface area (Å²) in [5.41, 5.74) is 2.16. The number of rotatable bonds is 7. The Morgan fingerprint density at radius 1 is 1.10 bits per heavy atom. The summed E-state index contributed by atoms with van der Waals surface area (Å²) in [7, 11) is 1.60. The highest BCUT2D eigenvalue weighted by Gasteiger charge is 2.15. The van der Waals surface area contributed by atoms with Gasteiger partial charge in [0, 0.05) is 18.0 Å². The number of fused-ring (bicyclic) bond motifs is 1. The van der Waals surface area contributed by atoms with Crippen LogP contribution >= 0.6 is 0 Å². The fourth-order valence-corrected chi connectivity index (χ4v) is 2.84. The molecule has 0 spiro atoms. The van der Waals surface area contributed by atoms with Crippen molar-refractivity contribution in [1.29, 1.82) is 0 Å². The van der Waals surface area contributed by atoms with Gasteiger partial charge in [-0.2, -0.15) is 0 Å². The van der Waals surface area contributed by atoms with E-state index in [0.29, 0.717) is 29.6 Å². The summed E-state index contributed by atoms with van der Waals surface area (Å²) >= 11 is 0. The number of aromatic nitrogens is 1. The predicted molar refractivity (Wildman–Crippen MR) is 106 cm³/mol. The largest absolute Gasteiger partial charge is 0.497 e. The Balaban J connectivity index is 1.50. The fourth-order valence-electron chi connectivity index (χ4n) is 2.84. The van der Waals surface area contributed by atoms with Crippen LogP contribution in [-0.4, -0.2) is 37.1 Å². The Bertz CT molecular complexity index is 1030. The van der Waals surface area contributed by atoms with Crippen molar-refractivity contribution in [3.8, 4) is 5.75 Å².